The van der Waals surface area contributed by atoms with Gasteiger partial charge in [0.15, 0.2) is 23.6 Å². The highest BCUT2D eigenvalue weighted by molar-refractivity contribution is 6.34. The minimum absolute atomic E-state index is 0.0568. The largest absolute Gasteiger partial charge is 0.480 e. The van der Waals surface area contributed by atoms with Crippen molar-refractivity contribution >= 4 is 23.2 Å². The van der Waals surface area contributed by atoms with Gasteiger partial charge in [0, 0.05) is 19.2 Å². The monoisotopic (exact) mass is 550 g/mol. The molecule has 0 unspecified atom stereocenters. The number of nitrogens with one attached hydrogen (secondary N) is 1. The average molecular weight is 551 g/mol. The number of aromatic nitrogens is 3. The van der Waals surface area contributed by atoms with Crippen LogP contribution in [-0.2, 0) is 17.9 Å². The van der Waals surface area contributed by atoms with Crippen LogP contribution in [-0.4, -0.2) is 39.1 Å². The van der Waals surface area contributed by atoms with Crippen LogP contribution in [0, 0.1) is 17.5 Å². The Hall–Kier alpha value is -3.52. The predicted molar refractivity (Wildman–Crippen MR) is 118 cm³/mol. The lowest BCUT2D eigenvalue weighted by atomic mass is 10.1. The maximum absolute atomic E-state index is 15.2. The number of halogens is 7. The Balaban J connectivity index is 1.81. The minimum Gasteiger partial charge on any atom is -0.480 e. The number of ether oxygens (including phenoxy) is 2. The number of fused-ring (bicyclic) bond motifs is 1. The fourth-order valence-electron chi connectivity index (χ4n) is 3.47. The Morgan fingerprint density at radius 3 is 2.65 bits per heavy atom. The maximum Gasteiger partial charge on any atom is 0.425 e. The SMILES string of the molecule is C[C@H](Oc1cc(-n2nc3n(c2=O)CCCOC3)c(F)cc1C(=O)Nc1c(Cl)ccc(F)c1F)C(F)(F)F. The van der Waals surface area contributed by atoms with Crippen LogP contribution in [0.1, 0.15) is 29.5 Å². The number of hydrogen-bond donors (Lipinski definition) is 1. The normalized spacial score (nSPS) is 14.6. The zero-order chi connectivity index (χ0) is 27.1. The smallest absolute Gasteiger partial charge is 0.425 e. The first-order valence-electron chi connectivity index (χ1n) is 10.7. The van der Waals surface area contributed by atoms with Gasteiger partial charge in [-0.3, -0.25) is 9.36 Å². The summed E-state index contributed by atoms with van der Waals surface area (Å²) in [5.74, 6) is -6.16. The van der Waals surface area contributed by atoms with Gasteiger partial charge >= 0.3 is 11.9 Å². The fourth-order valence-corrected chi connectivity index (χ4v) is 3.67. The third-order valence-corrected chi connectivity index (χ3v) is 5.72. The van der Waals surface area contributed by atoms with E-state index in [0.29, 0.717) is 42.8 Å². The Labute approximate surface area is 209 Å². The second kappa shape index (κ2) is 10.1. The first-order valence-corrected chi connectivity index (χ1v) is 11.0. The van der Waals surface area contributed by atoms with Crippen molar-refractivity contribution in [2.24, 2.45) is 0 Å². The molecule has 3 aromatic rings. The summed E-state index contributed by atoms with van der Waals surface area (Å²) in [6.45, 7) is 1.16. The van der Waals surface area contributed by atoms with E-state index in [1.54, 1.807) is 0 Å². The van der Waals surface area contributed by atoms with E-state index in [1.807, 2.05) is 5.32 Å². The fraction of sp³-hybridized carbons (Fsp3) is 0.318. The molecule has 198 valence electrons. The summed E-state index contributed by atoms with van der Waals surface area (Å²) in [5.41, 5.74) is -3.03. The Morgan fingerprint density at radius 2 is 1.95 bits per heavy atom. The van der Waals surface area contributed by atoms with E-state index < -0.39 is 69.0 Å². The molecule has 0 saturated carbocycles. The van der Waals surface area contributed by atoms with E-state index in [1.165, 1.54) is 4.57 Å². The number of amides is 1. The molecule has 1 N–H and O–H groups in total. The zero-order valence-corrected chi connectivity index (χ0v) is 19.6. The number of carbonyl (C=O) groups excluding carboxylic acids is 1. The second-order valence-electron chi connectivity index (χ2n) is 7.94. The lowest BCUT2D eigenvalue weighted by Gasteiger charge is -2.20. The Bertz CT molecular complexity index is 1420. The third-order valence-electron chi connectivity index (χ3n) is 5.41. The molecule has 4 rings (SSSR count). The van der Waals surface area contributed by atoms with E-state index >= 15 is 4.39 Å². The minimum atomic E-state index is -4.89. The lowest BCUT2D eigenvalue weighted by molar-refractivity contribution is -0.189. The molecule has 1 aliphatic heterocycles. The summed E-state index contributed by atoms with van der Waals surface area (Å²) < 4.78 is 94.7. The summed E-state index contributed by atoms with van der Waals surface area (Å²) in [6, 6.07) is 2.80. The van der Waals surface area contributed by atoms with Gasteiger partial charge in [0.1, 0.15) is 23.9 Å². The molecule has 15 heteroatoms. The first kappa shape index (κ1) is 26.5. The van der Waals surface area contributed by atoms with E-state index in [9.17, 15) is 31.5 Å². The predicted octanol–water partition coefficient (Wildman–Crippen LogP) is 4.61. The topological polar surface area (TPSA) is 87.4 Å². The van der Waals surface area contributed by atoms with Gasteiger partial charge in [-0.2, -0.15) is 17.9 Å². The van der Waals surface area contributed by atoms with E-state index in [4.69, 9.17) is 21.1 Å². The molecule has 0 aliphatic carbocycles. The van der Waals surface area contributed by atoms with Crippen molar-refractivity contribution in [2.45, 2.75) is 38.8 Å². The van der Waals surface area contributed by atoms with E-state index in [-0.39, 0.29) is 19.0 Å². The summed E-state index contributed by atoms with van der Waals surface area (Å²) in [4.78, 5) is 25.7. The molecule has 1 atom stereocenters. The maximum atomic E-state index is 15.2. The van der Waals surface area contributed by atoms with Crippen molar-refractivity contribution < 1.29 is 40.6 Å². The highest BCUT2D eigenvalue weighted by Gasteiger charge is 2.39. The van der Waals surface area contributed by atoms with Crippen molar-refractivity contribution in [3.8, 4) is 11.4 Å². The Kier molecular flexibility index (Phi) is 7.24. The van der Waals surface area contributed by atoms with Gasteiger partial charge in [-0.1, -0.05) is 11.6 Å². The molecule has 8 nitrogen and oxygen atoms in total. The molecule has 1 amide bonds. The van der Waals surface area contributed by atoms with Crippen molar-refractivity contribution in [3.63, 3.8) is 0 Å². The number of anilines is 1. The van der Waals surface area contributed by atoms with E-state index in [2.05, 4.69) is 5.10 Å². The molecular formula is C22H17ClF6N4O4. The highest BCUT2D eigenvalue weighted by Crippen LogP contribution is 2.33. The van der Waals surface area contributed by atoms with Crippen LogP contribution in [0.5, 0.6) is 5.75 Å². The molecule has 0 bridgehead atoms. The highest BCUT2D eigenvalue weighted by atomic mass is 35.5. The number of alkyl halides is 3. The Morgan fingerprint density at radius 1 is 1.22 bits per heavy atom. The standard InChI is InChI=1S/C22H17ClF6N4O4/c1-10(22(27,28)29)37-16-8-15(33-21(35)32-5-2-6-36-9-17(32)31-33)14(25)7-11(16)20(34)30-19-12(23)3-4-13(24)18(19)26/h3-4,7-8,10H,2,5-6,9H2,1H3,(H,30,34)/t10-/m0/s1. The molecule has 2 heterocycles. The molecular weight excluding hydrogens is 534 g/mol. The van der Waals surface area contributed by atoms with Crippen LogP contribution in [0.3, 0.4) is 0 Å². The quantitative estimate of drug-likeness (QED) is 0.370. The van der Waals surface area contributed by atoms with E-state index in [0.717, 1.165) is 6.07 Å². The van der Waals surface area contributed by atoms with Gasteiger partial charge in [0.05, 0.1) is 16.3 Å². The lowest BCUT2D eigenvalue weighted by Crippen LogP contribution is -2.32. The summed E-state index contributed by atoms with van der Waals surface area (Å²) >= 11 is 5.80. The molecule has 1 aromatic heterocycles. The van der Waals surface area contributed by atoms with Crippen molar-refractivity contribution in [3.05, 3.63) is 68.6 Å². The van der Waals surface area contributed by atoms with Gasteiger partial charge in [-0.15, -0.1) is 5.10 Å². The molecule has 0 radical (unpaired) electrons. The van der Waals surface area contributed by atoms with Crippen molar-refractivity contribution in [1.82, 2.24) is 14.3 Å². The number of hydrogen-bond acceptors (Lipinski definition) is 5. The number of benzene rings is 2. The van der Waals surface area contributed by atoms with Gasteiger partial charge in [0.2, 0.25) is 0 Å². The van der Waals surface area contributed by atoms with Crippen LogP contribution in [0.15, 0.2) is 29.1 Å². The molecule has 2 aromatic carbocycles. The van der Waals surface area contributed by atoms with Gasteiger partial charge < -0.3 is 14.8 Å². The average Bonchev–Trinajstić information content (AvgIpc) is 2.99. The molecule has 1 aliphatic rings. The zero-order valence-electron chi connectivity index (χ0n) is 18.8. The van der Waals surface area contributed by atoms with Gasteiger partial charge in [-0.05, 0) is 31.5 Å². The summed E-state index contributed by atoms with van der Waals surface area (Å²) in [7, 11) is 0. The van der Waals surface area contributed by atoms with Crippen LogP contribution in [0.2, 0.25) is 5.02 Å². The van der Waals surface area contributed by atoms with Crippen molar-refractivity contribution in [1.29, 1.82) is 0 Å². The van der Waals surface area contributed by atoms with Crippen LogP contribution in [0.25, 0.3) is 5.69 Å². The summed E-state index contributed by atoms with van der Waals surface area (Å²) in [5, 5.41) is 5.49. The number of nitrogens with zero attached hydrogens (tertiary/aromatic N) is 3. The molecule has 37 heavy (non-hydrogen) atoms. The van der Waals surface area contributed by atoms with Crippen molar-refractivity contribution in [2.75, 3.05) is 11.9 Å². The van der Waals surface area contributed by atoms with Crippen LogP contribution in [0.4, 0.5) is 32.0 Å². The van der Waals surface area contributed by atoms with Crippen LogP contribution < -0.4 is 15.7 Å². The molecule has 0 saturated heterocycles. The first-order chi connectivity index (χ1) is 17.4. The van der Waals surface area contributed by atoms with Gasteiger partial charge in [0.25, 0.3) is 5.91 Å². The number of rotatable bonds is 5. The third kappa shape index (κ3) is 5.30. The second-order valence-corrected chi connectivity index (χ2v) is 8.35. The molecule has 0 spiro atoms. The van der Waals surface area contributed by atoms with Gasteiger partial charge in [-0.25, -0.2) is 18.0 Å². The molecule has 0 fully saturated rings. The number of carbonyl (C=O) groups is 1. The summed E-state index contributed by atoms with van der Waals surface area (Å²) in [6.07, 6.45) is -6.90. The van der Waals surface area contributed by atoms with Crippen LogP contribution >= 0.6 is 11.6 Å².